The van der Waals surface area contributed by atoms with Crippen LogP contribution in [0.4, 0.5) is 0 Å². The van der Waals surface area contributed by atoms with E-state index >= 15 is 0 Å². The maximum Gasteiger partial charge on any atom is 0.153 e. The van der Waals surface area contributed by atoms with Gasteiger partial charge in [-0.2, -0.15) is 5.10 Å². The molecule has 0 radical (unpaired) electrons. The quantitative estimate of drug-likeness (QED) is 0.781. The van der Waals surface area contributed by atoms with E-state index in [0.717, 1.165) is 31.2 Å². The smallest absolute Gasteiger partial charge is 0.153 e. The van der Waals surface area contributed by atoms with Crippen molar-refractivity contribution in [2.45, 2.75) is 38.1 Å². The highest BCUT2D eigenvalue weighted by atomic mass is 16.3. The second-order valence-electron chi connectivity index (χ2n) is 5.52. The van der Waals surface area contributed by atoms with Crippen LogP contribution in [0.2, 0.25) is 0 Å². The van der Waals surface area contributed by atoms with Crippen molar-refractivity contribution in [2.75, 3.05) is 13.7 Å². The van der Waals surface area contributed by atoms with Gasteiger partial charge >= 0.3 is 0 Å². The van der Waals surface area contributed by atoms with Crippen LogP contribution in [0.1, 0.15) is 48.2 Å². The Morgan fingerprint density at radius 2 is 2.20 bits per heavy atom. The SMILES string of the molecule is CN(/C=C\c1[nH]ncc1C=O)C1CCC(CCO)CC1. The van der Waals surface area contributed by atoms with Gasteiger partial charge in [-0.05, 0) is 44.1 Å². The Bertz CT molecular complexity index is 448. The number of carbonyl (C=O) groups is 1. The lowest BCUT2D eigenvalue weighted by Crippen LogP contribution is -2.31. The van der Waals surface area contributed by atoms with Crippen molar-refractivity contribution in [1.29, 1.82) is 0 Å². The van der Waals surface area contributed by atoms with E-state index in [2.05, 4.69) is 22.1 Å². The van der Waals surface area contributed by atoms with Crippen molar-refractivity contribution in [3.63, 3.8) is 0 Å². The minimum Gasteiger partial charge on any atom is -0.396 e. The highest BCUT2D eigenvalue weighted by molar-refractivity contribution is 5.79. The van der Waals surface area contributed by atoms with Crippen LogP contribution < -0.4 is 0 Å². The molecular formula is C15H23N3O2. The zero-order valence-electron chi connectivity index (χ0n) is 12.0. The molecule has 0 saturated heterocycles. The summed E-state index contributed by atoms with van der Waals surface area (Å²) >= 11 is 0. The molecule has 5 heteroatoms. The van der Waals surface area contributed by atoms with Crippen molar-refractivity contribution in [2.24, 2.45) is 5.92 Å². The molecule has 2 N–H and O–H groups in total. The van der Waals surface area contributed by atoms with E-state index < -0.39 is 0 Å². The number of hydrogen-bond donors (Lipinski definition) is 2. The lowest BCUT2D eigenvalue weighted by atomic mass is 9.84. The van der Waals surface area contributed by atoms with Crippen LogP contribution >= 0.6 is 0 Å². The van der Waals surface area contributed by atoms with Gasteiger partial charge in [0, 0.05) is 25.9 Å². The first-order chi connectivity index (χ1) is 9.74. The van der Waals surface area contributed by atoms with Gasteiger partial charge in [0.25, 0.3) is 0 Å². The van der Waals surface area contributed by atoms with Gasteiger partial charge in [-0.25, -0.2) is 0 Å². The normalized spacial score (nSPS) is 23.1. The van der Waals surface area contributed by atoms with E-state index in [0.29, 0.717) is 24.1 Å². The van der Waals surface area contributed by atoms with Crippen LogP contribution in [0.5, 0.6) is 0 Å². The van der Waals surface area contributed by atoms with E-state index in [4.69, 9.17) is 5.11 Å². The van der Waals surface area contributed by atoms with E-state index in [-0.39, 0.29) is 0 Å². The van der Waals surface area contributed by atoms with Crippen LogP contribution in [0.25, 0.3) is 6.08 Å². The molecule has 1 heterocycles. The molecule has 5 nitrogen and oxygen atoms in total. The number of rotatable bonds is 6. The Hall–Kier alpha value is -1.62. The van der Waals surface area contributed by atoms with Gasteiger partial charge in [0.2, 0.25) is 0 Å². The summed E-state index contributed by atoms with van der Waals surface area (Å²) in [6.45, 7) is 0.305. The van der Waals surface area contributed by atoms with E-state index in [1.54, 1.807) is 0 Å². The summed E-state index contributed by atoms with van der Waals surface area (Å²) in [7, 11) is 2.07. The Morgan fingerprint density at radius 1 is 1.45 bits per heavy atom. The van der Waals surface area contributed by atoms with Gasteiger partial charge in [-0.15, -0.1) is 0 Å². The average Bonchev–Trinajstić information content (AvgIpc) is 2.93. The highest BCUT2D eigenvalue weighted by Gasteiger charge is 2.22. The number of hydrogen-bond acceptors (Lipinski definition) is 4. The maximum absolute atomic E-state index is 10.8. The molecule has 110 valence electrons. The fraction of sp³-hybridized carbons (Fsp3) is 0.600. The number of aromatic amines is 1. The monoisotopic (exact) mass is 277 g/mol. The number of aliphatic hydroxyl groups is 1. The van der Waals surface area contributed by atoms with E-state index in [9.17, 15) is 4.79 Å². The number of aliphatic hydroxyl groups excluding tert-OH is 1. The average molecular weight is 277 g/mol. The lowest BCUT2D eigenvalue weighted by molar-refractivity contribution is 0.112. The molecule has 1 aliphatic rings. The van der Waals surface area contributed by atoms with Crippen LogP contribution in [0.15, 0.2) is 12.4 Å². The van der Waals surface area contributed by atoms with Gasteiger partial charge in [-0.3, -0.25) is 9.89 Å². The summed E-state index contributed by atoms with van der Waals surface area (Å²) in [5.74, 6) is 0.683. The van der Waals surface area contributed by atoms with Crippen molar-refractivity contribution >= 4 is 12.4 Å². The molecule has 2 rings (SSSR count). The summed E-state index contributed by atoms with van der Waals surface area (Å²) in [4.78, 5) is 13.0. The largest absolute Gasteiger partial charge is 0.396 e. The van der Waals surface area contributed by atoms with Gasteiger partial charge in [-0.1, -0.05) is 0 Å². The minimum atomic E-state index is 0.305. The fourth-order valence-electron chi connectivity index (χ4n) is 2.87. The van der Waals surface area contributed by atoms with Crippen molar-refractivity contribution < 1.29 is 9.90 Å². The summed E-state index contributed by atoms with van der Waals surface area (Å²) in [5.41, 5.74) is 1.34. The first-order valence-corrected chi connectivity index (χ1v) is 7.24. The highest BCUT2D eigenvalue weighted by Crippen LogP contribution is 2.29. The molecule has 0 unspecified atom stereocenters. The van der Waals surface area contributed by atoms with Gasteiger partial charge in [0.1, 0.15) is 0 Å². The van der Waals surface area contributed by atoms with E-state index in [1.807, 2.05) is 12.3 Å². The number of nitrogens with one attached hydrogen (secondary N) is 1. The van der Waals surface area contributed by atoms with Crippen LogP contribution in [-0.4, -0.2) is 46.2 Å². The zero-order valence-corrected chi connectivity index (χ0v) is 12.0. The predicted octanol–water partition coefficient (Wildman–Crippen LogP) is 2.07. The second kappa shape index (κ2) is 7.24. The standard InChI is InChI=1S/C15H23N3O2/c1-18(8-6-15-13(11-20)10-16-17-15)14-4-2-12(3-5-14)7-9-19/h6,8,10-12,14,19H,2-5,7,9H2,1H3,(H,16,17)/b8-6-. The maximum atomic E-state index is 10.8. The number of carbonyl (C=O) groups excluding carboxylic acids is 1. The molecule has 1 saturated carbocycles. The third-order valence-corrected chi connectivity index (χ3v) is 4.23. The lowest BCUT2D eigenvalue weighted by Gasteiger charge is -2.34. The van der Waals surface area contributed by atoms with Crippen LogP contribution in [-0.2, 0) is 0 Å². The topological polar surface area (TPSA) is 69.2 Å². The molecule has 0 aliphatic heterocycles. The van der Waals surface area contributed by atoms with Gasteiger partial charge in [0.05, 0.1) is 17.5 Å². The molecular weight excluding hydrogens is 254 g/mol. The van der Waals surface area contributed by atoms with Gasteiger partial charge in [0.15, 0.2) is 6.29 Å². The zero-order chi connectivity index (χ0) is 14.4. The molecule has 0 amide bonds. The summed E-state index contributed by atoms with van der Waals surface area (Å²) in [5, 5.41) is 15.7. The molecule has 1 fully saturated rings. The summed E-state index contributed by atoms with van der Waals surface area (Å²) < 4.78 is 0. The summed E-state index contributed by atoms with van der Waals surface area (Å²) in [6, 6.07) is 0.545. The molecule has 0 atom stereocenters. The number of H-pyrrole nitrogens is 1. The van der Waals surface area contributed by atoms with Crippen molar-refractivity contribution in [1.82, 2.24) is 15.1 Å². The Morgan fingerprint density at radius 3 is 2.85 bits per heavy atom. The number of aromatic nitrogens is 2. The Labute approximate surface area is 119 Å². The third-order valence-electron chi connectivity index (χ3n) is 4.23. The van der Waals surface area contributed by atoms with Crippen molar-refractivity contribution in [3.05, 3.63) is 23.7 Å². The summed E-state index contributed by atoms with van der Waals surface area (Å²) in [6.07, 6.45) is 11.9. The van der Waals surface area contributed by atoms with Crippen LogP contribution in [0, 0.1) is 5.92 Å². The molecule has 1 aromatic rings. The van der Waals surface area contributed by atoms with Crippen molar-refractivity contribution in [3.8, 4) is 0 Å². The van der Waals surface area contributed by atoms with E-state index in [1.165, 1.54) is 19.0 Å². The predicted molar refractivity (Wildman–Crippen MR) is 78.2 cm³/mol. The molecule has 0 bridgehead atoms. The first-order valence-electron chi connectivity index (χ1n) is 7.24. The molecule has 1 aromatic heterocycles. The van der Waals surface area contributed by atoms with Gasteiger partial charge < -0.3 is 10.0 Å². The molecule has 0 spiro atoms. The number of nitrogens with zero attached hydrogens (tertiary/aromatic N) is 2. The molecule has 20 heavy (non-hydrogen) atoms. The Balaban J connectivity index is 1.86. The first kappa shape index (κ1) is 14.8. The third kappa shape index (κ3) is 3.70. The minimum absolute atomic E-state index is 0.305. The molecule has 0 aromatic carbocycles. The number of aldehydes is 1. The fourth-order valence-corrected chi connectivity index (χ4v) is 2.87. The molecule has 1 aliphatic carbocycles. The second-order valence-corrected chi connectivity index (χ2v) is 5.52. The van der Waals surface area contributed by atoms with Crippen LogP contribution in [0.3, 0.4) is 0 Å². The Kier molecular flexibility index (Phi) is 5.35.